The Balaban J connectivity index is 1.33. The average molecular weight is 634 g/mol. The van der Waals surface area contributed by atoms with Crippen LogP contribution in [0.1, 0.15) is 6.92 Å². The molecular formula is C32H28FN3O6S2. The molecule has 44 heavy (non-hydrogen) atoms. The summed E-state index contributed by atoms with van der Waals surface area (Å²) in [5, 5.41) is 4.22. The quantitative estimate of drug-likeness (QED) is 0.184. The summed E-state index contributed by atoms with van der Waals surface area (Å²) in [5.41, 5.74) is 0.753. The van der Waals surface area contributed by atoms with E-state index in [2.05, 4.69) is 10.0 Å². The van der Waals surface area contributed by atoms with Gasteiger partial charge in [0.1, 0.15) is 18.1 Å². The second-order valence-electron chi connectivity index (χ2n) is 9.60. The van der Waals surface area contributed by atoms with E-state index in [-0.39, 0.29) is 21.2 Å². The summed E-state index contributed by atoms with van der Waals surface area (Å²) >= 11 is 0. The Labute approximate surface area is 255 Å². The monoisotopic (exact) mass is 633 g/mol. The number of carbonyl (C=O) groups is 1. The van der Waals surface area contributed by atoms with Gasteiger partial charge in [-0.05, 0) is 91.2 Å². The molecule has 0 aliphatic heterocycles. The van der Waals surface area contributed by atoms with Crippen molar-refractivity contribution in [3.63, 3.8) is 0 Å². The van der Waals surface area contributed by atoms with Crippen LogP contribution in [0.25, 0.3) is 10.8 Å². The zero-order valence-corrected chi connectivity index (χ0v) is 25.1. The molecule has 9 nitrogen and oxygen atoms in total. The molecule has 12 heteroatoms. The van der Waals surface area contributed by atoms with Gasteiger partial charge in [-0.3, -0.25) is 13.8 Å². The van der Waals surface area contributed by atoms with Gasteiger partial charge in [-0.2, -0.15) is 0 Å². The van der Waals surface area contributed by atoms with Gasteiger partial charge in [0.25, 0.3) is 20.0 Å². The number of hydrogen-bond acceptors (Lipinski definition) is 6. The lowest BCUT2D eigenvalue weighted by molar-refractivity contribution is -0.114. The lowest BCUT2D eigenvalue weighted by Crippen LogP contribution is -2.38. The Bertz CT molecular complexity index is 2000. The molecule has 0 aliphatic carbocycles. The van der Waals surface area contributed by atoms with E-state index in [1.165, 1.54) is 60.7 Å². The molecular weight excluding hydrogens is 605 g/mol. The summed E-state index contributed by atoms with van der Waals surface area (Å²) < 4.78 is 75.9. The number of amides is 1. The molecule has 0 heterocycles. The number of ether oxygens (including phenoxy) is 1. The third-order valence-electron chi connectivity index (χ3n) is 6.61. The molecule has 0 aliphatic rings. The first-order chi connectivity index (χ1) is 21.1. The number of fused-ring (bicyclic) bond motifs is 1. The molecule has 1 amide bonds. The van der Waals surface area contributed by atoms with Crippen LogP contribution in [-0.2, 0) is 24.8 Å². The van der Waals surface area contributed by atoms with Gasteiger partial charge in [0.05, 0.1) is 27.8 Å². The minimum Gasteiger partial charge on any atom is -0.494 e. The minimum absolute atomic E-state index is 0.0329. The maximum atomic E-state index is 13.6. The van der Waals surface area contributed by atoms with Crippen LogP contribution in [0.2, 0.25) is 0 Å². The highest BCUT2D eigenvalue weighted by Gasteiger charge is 2.27. The van der Waals surface area contributed by atoms with Crippen molar-refractivity contribution in [2.75, 3.05) is 27.5 Å². The van der Waals surface area contributed by atoms with E-state index in [9.17, 15) is 26.0 Å². The zero-order valence-electron chi connectivity index (χ0n) is 23.5. The van der Waals surface area contributed by atoms with E-state index in [4.69, 9.17) is 4.74 Å². The first-order valence-electron chi connectivity index (χ1n) is 13.5. The number of nitrogens with zero attached hydrogens (tertiary/aromatic N) is 1. The Morgan fingerprint density at radius 2 is 1.41 bits per heavy atom. The summed E-state index contributed by atoms with van der Waals surface area (Å²) in [6.45, 7) is 1.57. The smallest absolute Gasteiger partial charge is 0.264 e. The highest BCUT2D eigenvalue weighted by Crippen LogP contribution is 2.28. The molecule has 0 unspecified atom stereocenters. The fourth-order valence-electron chi connectivity index (χ4n) is 4.49. The van der Waals surface area contributed by atoms with Gasteiger partial charge in [0.2, 0.25) is 5.91 Å². The topological polar surface area (TPSA) is 122 Å². The number of carbonyl (C=O) groups excluding carboxylic acids is 1. The van der Waals surface area contributed by atoms with Crippen molar-refractivity contribution < 1.29 is 30.8 Å². The van der Waals surface area contributed by atoms with Crippen molar-refractivity contribution in [3.8, 4) is 5.75 Å². The highest BCUT2D eigenvalue weighted by molar-refractivity contribution is 7.93. The molecule has 2 N–H and O–H groups in total. The molecule has 0 radical (unpaired) electrons. The number of rotatable bonds is 11. The van der Waals surface area contributed by atoms with Crippen molar-refractivity contribution in [3.05, 3.63) is 121 Å². The van der Waals surface area contributed by atoms with Gasteiger partial charge < -0.3 is 10.1 Å². The number of hydrogen-bond donors (Lipinski definition) is 2. The van der Waals surface area contributed by atoms with E-state index >= 15 is 0 Å². The van der Waals surface area contributed by atoms with Crippen molar-refractivity contribution in [1.29, 1.82) is 0 Å². The van der Waals surface area contributed by atoms with Crippen molar-refractivity contribution >= 4 is 53.8 Å². The van der Waals surface area contributed by atoms with Crippen LogP contribution < -0.4 is 19.1 Å². The van der Waals surface area contributed by atoms with Gasteiger partial charge in [0, 0.05) is 11.1 Å². The standard InChI is InChI=1S/C32H28FN3O6S2/c1-2-42-27-16-20-29(21-17-27)44(40,41)36(26-14-10-24(33)11-15-26)22-32(37)34-25-12-18-28(19-13-25)43(38,39)35-31-9-5-7-23-6-3-4-8-30(23)31/h3-21,35H,2,22H2,1H3,(H,34,37). The average Bonchev–Trinajstić information content (AvgIpc) is 3.01. The normalized spacial score (nSPS) is 11.6. The Kier molecular flexibility index (Phi) is 8.83. The first kappa shape index (κ1) is 30.5. The van der Waals surface area contributed by atoms with Gasteiger partial charge in [0.15, 0.2) is 0 Å². The van der Waals surface area contributed by atoms with Crippen molar-refractivity contribution in [2.45, 2.75) is 16.7 Å². The summed E-state index contributed by atoms with van der Waals surface area (Å²) in [6.07, 6.45) is 0. The first-order valence-corrected chi connectivity index (χ1v) is 16.4. The van der Waals surface area contributed by atoms with Crippen LogP contribution in [0.5, 0.6) is 5.75 Å². The van der Waals surface area contributed by atoms with Crippen molar-refractivity contribution in [2.24, 2.45) is 0 Å². The summed E-state index contributed by atoms with van der Waals surface area (Å²) in [6, 6.07) is 28.6. The lowest BCUT2D eigenvalue weighted by Gasteiger charge is -2.24. The van der Waals surface area contributed by atoms with E-state index in [0.717, 1.165) is 27.2 Å². The predicted molar refractivity (Wildman–Crippen MR) is 168 cm³/mol. The molecule has 0 saturated carbocycles. The number of halogens is 1. The largest absolute Gasteiger partial charge is 0.494 e. The van der Waals surface area contributed by atoms with Gasteiger partial charge in [-0.1, -0.05) is 36.4 Å². The molecule has 0 aromatic heterocycles. The van der Waals surface area contributed by atoms with Gasteiger partial charge in [-0.15, -0.1) is 0 Å². The summed E-state index contributed by atoms with van der Waals surface area (Å²) in [7, 11) is -8.21. The fourth-order valence-corrected chi connectivity index (χ4v) is 6.99. The van der Waals surface area contributed by atoms with Crippen LogP contribution in [0, 0.1) is 5.82 Å². The molecule has 0 fully saturated rings. The third kappa shape index (κ3) is 6.82. The minimum atomic E-state index is -4.25. The van der Waals surface area contributed by atoms with E-state index in [1.54, 1.807) is 19.1 Å². The zero-order chi connectivity index (χ0) is 31.3. The Morgan fingerprint density at radius 1 is 0.773 bits per heavy atom. The van der Waals surface area contributed by atoms with Crippen LogP contribution >= 0.6 is 0 Å². The van der Waals surface area contributed by atoms with Crippen LogP contribution in [0.3, 0.4) is 0 Å². The Hall–Kier alpha value is -4.94. The van der Waals surface area contributed by atoms with Gasteiger partial charge in [-0.25, -0.2) is 21.2 Å². The maximum absolute atomic E-state index is 13.6. The highest BCUT2D eigenvalue weighted by atomic mass is 32.2. The van der Waals surface area contributed by atoms with Gasteiger partial charge >= 0.3 is 0 Å². The molecule has 0 bridgehead atoms. The van der Waals surface area contributed by atoms with Crippen LogP contribution in [0.15, 0.2) is 125 Å². The molecule has 226 valence electrons. The number of sulfonamides is 2. The molecule has 0 saturated heterocycles. The maximum Gasteiger partial charge on any atom is 0.264 e. The van der Waals surface area contributed by atoms with E-state index < -0.39 is 38.3 Å². The molecule has 5 rings (SSSR count). The van der Waals surface area contributed by atoms with Crippen LogP contribution in [-0.4, -0.2) is 35.9 Å². The number of nitrogens with one attached hydrogen (secondary N) is 2. The SMILES string of the molecule is CCOc1ccc(S(=O)(=O)N(CC(=O)Nc2ccc(S(=O)(=O)Nc3cccc4ccccc34)cc2)c2ccc(F)cc2)cc1. The number of anilines is 3. The second-order valence-corrected chi connectivity index (χ2v) is 13.1. The van der Waals surface area contributed by atoms with E-state index in [0.29, 0.717) is 18.0 Å². The molecule has 0 atom stereocenters. The molecule has 5 aromatic carbocycles. The third-order valence-corrected chi connectivity index (χ3v) is 9.78. The molecule has 5 aromatic rings. The summed E-state index contributed by atoms with van der Waals surface area (Å²) in [5.74, 6) is -0.787. The fraction of sp³-hybridized carbons (Fsp3) is 0.0938. The number of benzene rings is 5. The molecule has 0 spiro atoms. The summed E-state index contributed by atoms with van der Waals surface area (Å²) in [4.78, 5) is 13.0. The predicted octanol–water partition coefficient (Wildman–Crippen LogP) is 6.01. The second kappa shape index (κ2) is 12.7. The van der Waals surface area contributed by atoms with E-state index in [1.807, 2.05) is 30.3 Å². The van der Waals surface area contributed by atoms with Crippen molar-refractivity contribution in [1.82, 2.24) is 0 Å². The lowest BCUT2D eigenvalue weighted by atomic mass is 10.1. The van der Waals surface area contributed by atoms with Crippen LogP contribution in [0.4, 0.5) is 21.5 Å². The Morgan fingerprint density at radius 3 is 2.09 bits per heavy atom.